The molecule has 2 aromatic carbocycles. The Morgan fingerprint density at radius 2 is 1.94 bits per heavy atom. The van der Waals surface area contributed by atoms with Gasteiger partial charge in [0, 0.05) is 29.9 Å². The molecule has 176 valence electrons. The zero-order valence-corrected chi connectivity index (χ0v) is 18.6. The number of nitrogens with zero attached hydrogens (tertiary/aromatic N) is 2. The maximum atomic E-state index is 13.1. The lowest BCUT2D eigenvalue weighted by Gasteiger charge is -2.31. The van der Waals surface area contributed by atoms with E-state index in [2.05, 4.69) is 11.9 Å². The first kappa shape index (κ1) is 18.7. The van der Waals surface area contributed by atoms with Gasteiger partial charge in [0.2, 0.25) is 11.8 Å². The molecule has 0 aromatic heterocycles. The number of benzene rings is 2. The largest absolute Gasteiger partial charge is 0.489 e. The smallest absolute Gasteiger partial charge is 0.255 e. The Morgan fingerprint density at radius 1 is 1.15 bits per heavy atom. The second-order valence-electron chi connectivity index (χ2n) is 8.43. The van der Waals surface area contributed by atoms with Crippen molar-refractivity contribution < 1.29 is 28.0 Å². The number of ether oxygens (including phenoxy) is 2. The normalized spacial score (nSPS) is 23.1. The molecule has 3 amide bonds. The van der Waals surface area contributed by atoms with Crippen molar-refractivity contribution in [3.63, 3.8) is 0 Å². The van der Waals surface area contributed by atoms with Crippen molar-refractivity contribution in [2.24, 2.45) is 0 Å². The summed E-state index contributed by atoms with van der Waals surface area (Å²) < 4.78 is 36.5. The monoisotopic (exact) mass is 464 g/mol. The van der Waals surface area contributed by atoms with E-state index in [-0.39, 0.29) is 43.7 Å². The van der Waals surface area contributed by atoms with E-state index >= 15 is 0 Å². The fourth-order valence-corrected chi connectivity index (χ4v) is 4.31. The highest BCUT2D eigenvalue weighted by Crippen LogP contribution is 2.34. The molecule has 2 saturated heterocycles. The number of carbonyl (C=O) groups excluding carboxylic acids is 3. The summed E-state index contributed by atoms with van der Waals surface area (Å²) >= 11 is 0. The average molecular weight is 465 g/mol. The summed E-state index contributed by atoms with van der Waals surface area (Å²) in [6, 6.07) is 10.7. The van der Waals surface area contributed by atoms with Crippen LogP contribution in [0.3, 0.4) is 0 Å². The van der Waals surface area contributed by atoms with E-state index in [1.807, 2.05) is 0 Å². The van der Waals surface area contributed by atoms with Gasteiger partial charge in [-0.05, 0) is 36.1 Å². The fourth-order valence-electron chi connectivity index (χ4n) is 4.31. The molecule has 0 saturated carbocycles. The van der Waals surface area contributed by atoms with Crippen molar-refractivity contribution in [1.29, 1.82) is 0 Å². The molecule has 0 spiro atoms. The molecule has 0 bridgehead atoms. The lowest BCUT2D eigenvalue weighted by Crippen LogP contribution is -2.49. The summed E-state index contributed by atoms with van der Waals surface area (Å²) in [5.74, 6) is -0.539. The highest BCUT2D eigenvalue weighted by atomic mass is 16.5. The van der Waals surface area contributed by atoms with Crippen LogP contribution in [0.1, 0.15) is 44.0 Å². The lowest BCUT2D eigenvalue weighted by molar-refractivity contribution is -0.143. The van der Waals surface area contributed by atoms with Crippen LogP contribution in [0.5, 0.6) is 5.75 Å². The number of rotatable bonds is 6. The minimum absolute atomic E-state index is 0.151. The third-order valence-corrected chi connectivity index (χ3v) is 6.13. The van der Waals surface area contributed by atoms with Crippen LogP contribution in [0.2, 0.25) is 0 Å². The number of fused-ring (bicyclic) bond motifs is 1. The number of piperidine rings is 1. The van der Waals surface area contributed by atoms with Gasteiger partial charge in [-0.3, -0.25) is 14.4 Å². The molecular formula is C26H27N3O5. The molecule has 0 radical (unpaired) electrons. The van der Waals surface area contributed by atoms with Crippen LogP contribution >= 0.6 is 0 Å². The molecule has 2 unspecified atom stereocenters. The zero-order chi connectivity index (χ0) is 26.3. The Labute approximate surface area is 202 Å². The summed E-state index contributed by atoms with van der Waals surface area (Å²) in [6.45, 7) is 1.12. The van der Waals surface area contributed by atoms with Crippen LogP contribution in [-0.2, 0) is 34.0 Å². The summed E-state index contributed by atoms with van der Waals surface area (Å²) in [5.41, 5.74) is 2.48. The number of morpholine rings is 1. The molecule has 0 aliphatic carbocycles. The number of allylic oxidation sites excluding steroid dienone is 1. The molecule has 34 heavy (non-hydrogen) atoms. The van der Waals surface area contributed by atoms with Crippen molar-refractivity contribution >= 4 is 17.7 Å². The van der Waals surface area contributed by atoms with Crippen molar-refractivity contribution in [3.05, 3.63) is 77.0 Å². The lowest BCUT2D eigenvalue weighted by atomic mass is 10.0. The van der Waals surface area contributed by atoms with Crippen LogP contribution < -0.4 is 10.1 Å². The van der Waals surface area contributed by atoms with Gasteiger partial charge in [0.15, 0.2) is 0 Å². The third kappa shape index (κ3) is 4.41. The standard InChI is InChI=1S/C26H27N3O5/c1-17-5-10-22(25(31)27-17)29-14-21-20(26(29)32)3-2-4-23(21)34-15-19-8-6-18(7-9-19)13-28-11-12-33-16-24(28)30/h2-4,6-9,22H,1,5,10-16H2,(H,27,31)/i13D2,15D. The maximum Gasteiger partial charge on any atom is 0.255 e. The SMILES string of the molecule is [2H]C(Oc1cccc2c1CN(C1CCC(=C)NC1=O)C2=O)c1ccc(C([2H])([2H])N2CCOCC2=O)cc1. The molecule has 2 fully saturated rings. The number of carbonyl (C=O) groups is 3. The quantitative estimate of drug-likeness (QED) is 0.709. The van der Waals surface area contributed by atoms with E-state index in [0.717, 1.165) is 4.90 Å². The Kier molecular flexibility index (Phi) is 5.13. The first-order chi connectivity index (χ1) is 17.7. The third-order valence-electron chi connectivity index (χ3n) is 6.13. The van der Waals surface area contributed by atoms with Gasteiger partial charge < -0.3 is 24.6 Å². The van der Waals surface area contributed by atoms with Crippen molar-refractivity contribution in [2.75, 3.05) is 19.8 Å². The van der Waals surface area contributed by atoms with Crippen LogP contribution in [0.4, 0.5) is 0 Å². The number of hydrogen-bond acceptors (Lipinski definition) is 5. The van der Waals surface area contributed by atoms with Gasteiger partial charge in [0.25, 0.3) is 5.91 Å². The number of nitrogens with one attached hydrogen (secondary N) is 1. The van der Waals surface area contributed by atoms with E-state index in [0.29, 0.717) is 41.0 Å². The molecular weight excluding hydrogens is 434 g/mol. The summed E-state index contributed by atoms with van der Waals surface area (Å²) in [7, 11) is 0. The van der Waals surface area contributed by atoms with E-state index in [1.54, 1.807) is 42.5 Å². The van der Waals surface area contributed by atoms with Crippen LogP contribution in [0.15, 0.2) is 54.7 Å². The Morgan fingerprint density at radius 3 is 2.71 bits per heavy atom. The number of hydrogen-bond donors (Lipinski definition) is 1. The summed E-state index contributed by atoms with van der Waals surface area (Å²) in [4.78, 5) is 40.3. The molecule has 2 atom stereocenters. The topological polar surface area (TPSA) is 88.2 Å². The second-order valence-corrected chi connectivity index (χ2v) is 8.43. The Balaban J connectivity index is 1.31. The summed E-state index contributed by atoms with van der Waals surface area (Å²) in [6.07, 6.45) is 1.10. The zero-order valence-electron chi connectivity index (χ0n) is 21.6. The summed E-state index contributed by atoms with van der Waals surface area (Å²) in [5, 5.41) is 2.72. The molecule has 3 aliphatic rings. The first-order valence-corrected chi connectivity index (χ1v) is 11.2. The van der Waals surface area contributed by atoms with Gasteiger partial charge in [-0.1, -0.05) is 36.9 Å². The minimum Gasteiger partial charge on any atom is -0.489 e. The van der Waals surface area contributed by atoms with E-state index in [9.17, 15) is 14.4 Å². The van der Waals surface area contributed by atoms with E-state index in [4.69, 9.17) is 13.6 Å². The minimum atomic E-state index is -2.01. The van der Waals surface area contributed by atoms with E-state index < -0.39 is 25.0 Å². The highest BCUT2D eigenvalue weighted by molar-refractivity contribution is 6.02. The molecule has 3 heterocycles. The van der Waals surface area contributed by atoms with Crippen molar-refractivity contribution in [3.8, 4) is 5.75 Å². The van der Waals surface area contributed by atoms with Crippen LogP contribution in [0.25, 0.3) is 0 Å². The Bertz CT molecular complexity index is 1270. The molecule has 8 heteroatoms. The molecule has 1 N–H and O–H groups in total. The highest BCUT2D eigenvalue weighted by Gasteiger charge is 2.39. The predicted octanol–water partition coefficient (Wildman–Crippen LogP) is 2.37. The average Bonchev–Trinajstić information content (AvgIpc) is 3.21. The van der Waals surface area contributed by atoms with Gasteiger partial charge in [-0.15, -0.1) is 0 Å². The molecule has 8 nitrogen and oxygen atoms in total. The first-order valence-electron chi connectivity index (χ1n) is 12.7. The van der Waals surface area contributed by atoms with Crippen molar-refractivity contribution in [2.45, 2.75) is 38.5 Å². The maximum absolute atomic E-state index is 13.1. The fraction of sp³-hybridized carbons (Fsp3) is 0.346. The van der Waals surface area contributed by atoms with Crippen LogP contribution in [0, 0.1) is 0 Å². The van der Waals surface area contributed by atoms with Gasteiger partial charge in [-0.2, -0.15) is 0 Å². The van der Waals surface area contributed by atoms with Gasteiger partial charge in [0.05, 0.1) is 17.3 Å². The molecule has 3 aliphatic heterocycles. The van der Waals surface area contributed by atoms with Gasteiger partial charge in [-0.25, -0.2) is 0 Å². The van der Waals surface area contributed by atoms with Crippen molar-refractivity contribution in [1.82, 2.24) is 15.1 Å². The van der Waals surface area contributed by atoms with Gasteiger partial charge >= 0.3 is 0 Å². The molecule has 2 aromatic rings. The van der Waals surface area contributed by atoms with Crippen LogP contribution in [-0.4, -0.2) is 53.3 Å². The predicted molar refractivity (Wildman–Crippen MR) is 124 cm³/mol. The Hall–Kier alpha value is -3.65. The second kappa shape index (κ2) is 9.30. The number of amides is 3. The van der Waals surface area contributed by atoms with Gasteiger partial charge in [0.1, 0.15) is 25.0 Å². The molecule has 5 rings (SSSR count). The van der Waals surface area contributed by atoms with E-state index in [1.165, 1.54) is 4.90 Å².